The van der Waals surface area contributed by atoms with Gasteiger partial charge in [-0.2, -0.15) is 0 Å². The Morgan fingerprint density at radius 2 is 1.32 bits per heavy atom. The molecule has 0 radical (unpaired) electrons. The van der Waals surface area contributed by atoms with Crippen LogP contribution in [0.4, 0.5) is 0 Å². The molecule has 142 valence electrons. The molecule has 2 amide bonds. The van der Waals surface area contributed by atoms with Crippen LogP contribution in [0.5, 0.6) is 0 Å². The average Bonchev–Trinajstić information content (AvgIpc) is 2.52. The van der Waals surface area contributed by atoms with E-state index in [2.05, 4.69) is 17.6 Å². The topological polar surface area (TPSA) is 95.5 Å². The van der Waals surface area contributed by atoms with Crippen LogP contribution in [-0.2, 0) is 14.4 Å². The molecular formula is C18H35KN2O4. The molecule has 0 aliphatic heterocycles. The van der Waals surface area contributed by atoms with Gasteiger partial charge in [-0.3, -0.25) is 14.4 Å². The number of aliphatic carboxylic acids is 1. The summed E-state index contributed by atoms with van der Waals surface area (Å²) in [6.45, 7) is 5.15. The first-order valence-corrected chi connectivity index (χ1v) is 9.21. The Labute approximate surface area is 196 Å². The minimum absolute atomic E-state index is 0. The molecule has 0 aliphatic carbocycles. The van der Waals surface area contributed by atoms with Gasteiger partial charge in [0.25, 0.3) is 0 Å². The van der Waals surface area contributed by atoms with E-state index >= 15 is 0 Å². The van der Waals surface area contributed by atoms with Gasteiger partial charge in [-0.15, -0.1) is 0 Å². The summed E-state index contributed by atoms with van der Waals surface area (Å²) in [5, 5.41) is 13.7. The van der Waals surface area contributed by atoms with Crippen LogP contribution in [0.1, 0.15) is 86.4 Å². The second kappa shape index (κ2) is 17.5. The van der Waals surface area contributed by atoms with Crippen LogP contribution in [0.25, 0.3) is 0 Å². The van der Waals surface area contributed by atoms with Crippen LogP contribution in [0.3, 0.4) is 0 Å². The Morgan fingerprint density at radius 1 is 0.840 bits per heavy atom. The van der Waals surface area contributed by atoms with Crippen molar-refractivity contribution < 1.29 is 72.3 Å². The van der Waals surface area contributed by atoms with Gasteiger partial charge in [0.05, 0.1) is 0 Å². The first-order chi connectivity index (χ1) is 11.4. The van der Waals surface area contributed by atoms with Crippen molar-refractivity contribution in [3.05, 3.63) is 0 Å². The van der Waals surface area contributed by atoms with Gasteiger partial charge in [0.15, 0.2) is 0 Å². The number of rotatable bonds is 14. The third-order valence-electron chi connectivity index (χ3n) is 4.01. The molecule has 6 nitrogen and oxygen atoms in total. The van der Waals surface area contributed by atoms with Gasteiger partial charge in [0.1, 0.15) is 12.1 Å². The van der Waals surface area contributed by atoms with Crippen molar-refractivity contribution in [2.24, 2.45) is 0 Å². The fourth-order valence-electron chi connectivity index (χ4n) is 2.38. The van der Waals surface area contributed by atoms with Crippen molar-refractivity contribution in [1.82, 2.24) is 10.6 Å². The van der Waals surface area contributed by atoms with Crippen LogP contribution in [0.15, 0.2) is 0 Å². The second-order valence-electron chi connectivity index (χ2n) is 6.44. The third-order valence-corrected chi connectivity index (χ3v) is 4.01. The Balaban J connectivity index is -0.00000264. The van der Waals surface area contributed by atoms with Crippen molar-refractivity contribution in [3.63, 3.8) is 0 Å². The molecule has 0 aromatic rings. The number of amides is 2. The van der Waals surface area contributed by atoms with E-state index in [-0.39, 0.29) is 58.7 Å². The molecule has 0 fully saturated rings. The number of unbranched alkanes of at least 4 members (excludes halogenated alkanes) is 8. The molecule has 0 aliphatic rings. The van der Waals surface area contributed by atoms with E-state index in [1.807, 2.05) is 0 Å². The molecular weight excluding hydrogens is 347 g/mol. The Morgan fingerprint density at radius 3 is 1.80 bits per heavy atom. The Hall–Kier alpha value is 0.0464. The van der Waals surface area contributed by atoms with Crippen LogP contribution in [0.2, 0.25) is 0 Å². The molecule has 3 N–H and O–H groups in total. The number of carbonyl (C=O) groups excluding carboxylic acids is 2. The SMILES string of the molecule is CCCCCCCCCCCC(=O)N[C@@H](C)C(=O)N[C@@H](C)C(=O)O.[H-].[K+]. The number of hydrogen-bond donors (Lipinski definition) is 3. The summed E-state index contributed by atoms with van der Waals surface area (Å²) < 4.78 is 0. The smallest absolute Gasteiger partial charge is 1.00 e. The summed E-state index contributed by atoms with van der Waals surface area (Å²) in [6.07, 6.45) is 11.1. The predicted molar refractivity (Wildman–Crippen MR) is 95.8 cm³/mol. The third kappa shape index (κ3) is 16.0. The largest absolute Gasteiger partial charge is 1.00 e. The second-order valence-corrected chi connectivity index (χ2v) is 6.44. The zero-order valence-electron chi connectivity index (χ0n) is 17.4. The summed E-state index contributed by atoms with van der Waals surface area (Å²) in [5.74, 6) is -1.74. The van der Waals surface area contributed by atoms with E-state index in [9.17, 15) is 14.4 Å². The standard InChI is InChI=1S/C18H34N2O4.K.H/c1-4-5-6-7-8-9-10-11-12-13-16(21)19-14(2)17(22)20-15(3)18(23)24;;/h14-15H,4-13H2,1-3H3,(H,19,21)(H,20,22)(H,23,24);;/q;+1;-1/t14-,15-;;/m0../s1. The minimum Gasteiger partial charge on any atom is -1.00 e. The molecule has 0 aromatic carbocycles. The molecule has 0 unspecified atom stereocenters. The van der Waals surface area contributed by atoms with Crippen molar-refractivity contribution in [1.29, 1.82) is 0 Å². The predicted octanol–water partition coefficient (Wildman–Crippen LogP) is 0.118. The fourth-order valence-corrected chi connectivity index (χ4v) is 2.38. The molecule has 2 atom stereocenters. The summed E-state index contributed by atoms with van der Waals surface area (Å²) in [4.78, 5) is 34.2. The number of hydrogen-bond acceptors (Lipinski definition) is 3. The summed E-state index contributed by atoms with van der Waals surface area (Å²) >= 11 is 0. The van der Waals surface area contributed by atoms with Crippen molar-refractivity contribution in [2.45, 2.75) is 97.1 Å². The molecule has 7 heteroatoms. The maximum absolute atomic E-state index is 11.8. The molecule has 25 heavy (non-hydrogen) atoms. The van der Waals surface area contributed by atoms with Crippen LogP contribution < -0.4 is 62.0 Å². The molecule has 0 rings (SSSR count). The molecule has 0 saturated carbocycles. The summed E-state index contributed by atoms with van der Waals surface area (Å²) in [5.41, 5.74) is 0. The van der Waals surface area contributed by atoms with Crippen molar-refractivity contribution in [2.75, 3.05) is 0 Å². The van der Waals surface area contributed by atoms with Gasteiger partial charge in [0.2, 0.25) is 11.8 Å². The van der Waals surface area contributed by atoms with Crippen LogP contribution in [0, 0.1) is 0 Å². The quantitative estimate of drug-likeness (QED) is 0.294. The minimum atomic E-state index is -1.10. The van der Waals surface area contributed by atoms with Crippen LogP contribution >= 0.6 is 0 Å². The zero-order chi connectivity index (χ0) is 18.4. The normalized spacial score (nSPS) is 12.6. The van der Waals surface area contributed by atoms with Gasteiger partial charge >= 0.3 is 57.4 Å². The number of carbonyl (C=O) groups is 3. The van der Waals surface area contributed by atoms with Crippen molar-refractivity contribution >= 4 is 17.8 Å². The van der Waals surface area contributed by atoms with E-state index in [0.717, 1.165) is 19.3 Å². The monoisotopic (exact) mass is 382 g/mol. The number of carboxylic acids is 1. The van der Waals surface area contributed by atoms with Gasteiger partial charge in [0, 0.05) is 6.42 Å². The maximum atomic E-state index is 11.8. The molecule has 0 aromatic heterocycles. The summed E-state index contributed by atoms with van der Waals surface area (Å²) in [6, 6.07) is -1.69. The Kier molecular flexibility index (Phi) is 19.0. The summed E-state index contributed by atoms with van der Waals surface area (Å²) in [7, 11) is 0. The van der Waals surface area contributed by atoms with Gasteiger partial charge < -0.3 is 17.2 Å². The average molecular weight is 383 g/mol. The first-order valence-electron chi connectivity index (χ1n) is 9.21. The molecule has 0 spiro atoms. The van der Waals surface area contributed by atoms with E-state index in [0.29, 0.717) is 6.42 Å². The number of nitrogens with one attached hydrogen (secondary N) is 2. The zero-order valence-corrected chi connectivity index (χ0v) is 19.5. The fraction of sp³-hybridized carbons (Fsp3) is 0.833. The van der Waals surface area contributed by atoms with Gasteiger partial charge in [-0.1, -0.05) is 58.3 Å². The van der Waals surface area contributed by atoms with E-state index in [1.54, 1.807) is 6.92 Å². The Bertz CT molecular complexity index is 397. The van der Waals surface area contributed by atoms with E-state index in [4.69, 9.17) is 5.11 Å². The van der Waals surface area contributed by atoms with E-state index in [1.165, 1.54) is 45.4 Å². The van der Waals surface area contributed by atoms with Gasteiger partial charge in [-0.25, -0.2) is 0 Å². The van der Waals surface area contributed by atoms with Gasteiger partial charge in [-0.05, 0) is 20.3 Å². The molecule has 0 heterocycles. The molecule has 0 bridgehead atoms. The first kappa shape index (κ1) is 27.3. The number of carboxylic acid groups (broad SMARTS) is 1. The maximum Gasteiger partial charge on any atom is 1.00 e. The van der Waals surface area contributed by atoms with Crippen LogP contribution in [-0.4, -0.2) is 35.0 Å². The van der Waals surface area contributed by atoms with E-state index < -0.39 is 24.0 Å². The molecule has 0 saturated heterocycles. The van der Waals surface area contributed by atoms with Crippen molar-refractivity contribution in [3.8, 4) is 0 Å².